The molecule has 6 heteroatoms. The number of hydrogen-bond acceptors (Lipinski definition) is 3. The van der Waals surface area contributed by atoms with Crippen LogP contribution >= 0.6 is 0 Å². The van der Waals surface area contributed by atoms with Gasteiger partial charge >= 0.3 is 0 Å². The number of halogens is 1. The molecule has 1 atom stereocenters. The van der Waals surface area contributed by atoms with Crippen molar-refractivity contribution in [3.63, 3.8) is 0 Å². The summed E-state index contributed by atoms with van der Waals surface area (Å²) in [6.07, 6.45) is 0.758. The lowest BCUT2D eigenvalue weighted by Crippen LogP contribution is -2.47. The molecule has 0 saturated heterocycles. The maximum Gasteiger partial charge on any atom is 0.242 e. The van der Waals surface area contributed by atoms with E-state index in [0.717, 1.165) is 5.56 Å². The second-order valence-electron chi connectivity index (χ2n) is 5.05. The summed E-state index contributed by atoms with van der Waals surface area (Å²) in [6, 6.07) is 5.23. The van der Waals surface area contributed by atoms with E-state index in [-0.39, 0.29) is 37.2 Å². The Hall–Kier alpha value is -1.95. The highest BCUT2D eigenvalue weighted by atomic mass is 19.1. The predicted molar refractivity (Wildman–Crippen MR) is 81.4 cm³/mol. The lowest BCUT2D eigenvalue weighted by atomic mass is 10.1. The standard InChI is InChI=1S/C16H23FN2O3/c1-3-15(21)19(11-13-5-7-14(17)8-6-13)12(2)16(22)18-9-4-10-20/h5-8,12,20H,3-4,9-11H2,1-2H3,(H,18,22)/t12-/m0/s1. The molecule has 0 radical (unpaired) electrons. The molecule has 0 spiro atoms. The summed E-state index contributed by atoms with van der Waals surface area (Å²) in [5, 5.41) is 11.4. The van der Waals surface area contributed by atoms with Crippen LogP contribution < -0.4 is 5.32 Å². The third-order valence-corrected chi connectivity index (χ3v) is 3.37. The average molecular weight is 310 g/mol. The van der Waals surface area contributed by atoms with Crippen molar-refractivity contribution in [2.75, 3.05) is 13.2 Å². The summed E-state index contributed by atoms with van der Waals surface area (Å²) in [5.74, 6) is -0.751. The number of aliphatic hydroxyl groups is 1. The van der Waals surface area contributed by atoms with Gasteiger partial charge < -0.3 is 15.3 Å². The fourth-order valence-corrected chi connectivity index (χ4v) is 2.01. The largest absolute Gasteiger partial charge is 0.396 e. The van der Waals surface area contributed by atoms with Crippen LogP contribution in [0.2, 0.25) is 0 Å². The van der Waals surface area contributed by atoms with Gasteiger partial charge in [0, 0.05) is 26.1 Å². The van der Waals surface area contributed by atoms with Crippen LogP contribution in [0.25, 0.3) is 0 Å². The average Bonchev–Trinajstić information content (AvgIpc) is 2.53. The smallest absolute Gasteiger partial charge is 0.242 e. The van der Waals surface area contributed by atoms with Crippen LogP contribution in [-0.4, -0.2) is 41.0 Å². The quantitative estimate of drug-likeness (QED) is 0.714. The van der Waals surface area contributed by atoms with E-state index in [1.165, 1.54) is 17.0 Å². The van der Waals surface area contributed by atoms with Crippen molar-refractivity contribution in [3.05, 3.63) is 35.6 Å². The SMILES string of the molecule is CCC(=O)N(Cc1ccc(F)cc1)[C@@H](C)C(=O)NCCCO. The fourth-order valence-electron chi connectivity index (χ4n) is 2.01. The van der Waals surface area contributed by atoms with Crippen molar-refractivity contribution < 1.29 is 19.1 Å². The maximum absolute atomic E-state index is 12.9. The van der Waals surface area contributed by atoms with E-state index in [1.807, 2.05) is 0 Å². The molecule has 0 unspecified atom stereocenters. The number of nitrogens with one attached hydrogen (secondary N) is 1. The Kier molecular flexibility index (Phi) is 7.52. The van der Waals surface area contributed by atoms with Crippen LogP contribution in [0, 0.1) is 5.82 Å². The predicted octanol–water partition coefficient (Wildman–Crippen LogP) is 1.45. The van der Waals surface area contributed by atoms with E-state index >= 15 is 0 Å². The van der Waals surface area contributed by atoms with E-state index in [2.05, 4.69) is 5.32 Å². The molecule has 1 aromatic carbocycles. The molecular formula is C16H23FN2O3. The number of benzene rings is 1. The van der Waals surface area contributed by atoms with Gasteiger partial charge in [-0.05, 0) is 31.0 Å². The van der Waals surface area contributed by atoms with Crippen molar-refractivity contribution in [1.29, 1.82) is 0 Å². The number of aliphatic hydroxyl groups excluding tert-OH is 1. The Morgan fingerprint density at radius 2 is 1.95 bits per heavy atom. The van der Waals surface area contributed by atoms with Gasteiger partial charge in [-0.25, -0.2) is 4.39 Å². The summed E-state index contributed by atoms with van der Waals surface area (Å²) < 4.78 is 12.9. The van der Waals surface area contributed by atoms with Crippen molar-refractivity contribution in [2.45, 2.75) is 39.3 Å². The van der Waals surface area contributed by atoms with Gasteiger partial charge in [0.05, 0.1) is 0 Å². The topological polar surface area (TPSA) is 69.6 Å². The Balaban J connectivity index is 2.76. The maximum atomic E-state index is 12.9. The number of carbonyl (C=O) groups excluding carboxylic acids is 2. The number of nitrogens with zero attached hydrogens (tertiary/aromatic N) is 1. The molecule has 0 fully saturated rings. The van der Waals surface area contributed by atoms with Crippen molar-refractivity contribution in [3.8, 4) is 0 Å². The van der Waals surface area contributed by atoms with Gasteiger partial charge in [0.2, 0.25) is 11.8 Å². The zero-order valence-electron chi connectivity index (χ0n) is 13.0. The first kappa shape index (κ1) is 18.1. The summed E-state index contributed by atoms with van der Waals surface area (Å²) in [4.78, 5) is 25.6. The molecule has 0 heterocycles. The molecule has 0 aliphatic heterocycles. The Bertz CT molecular complexity index is 491. The van der Waals surface area contributed by atoms with Gasteiger partial charge in [0.15, 0.2) is 0 Å². The van der Waals surface area contributed by atoms with Gasteiger partial charge in [-0.3, -0.25) is 9.59 Å². The van der Waals surface area contributed by atoms with Crippen LogP contribution in [0.15, 0.2) is 24.3 Å². The van der Waals surface area contributed by atoms with Crippen molar-refractivity contribution in [2.24, 2.45) is 0 Å². The van der Waals surface area contributed by atoms with E-state index in [0.29, 0.717) is 13.0 Å². The van der Waals surface area contributed by atoms with Gasteiger partial charge in [0.1, 0.15) is 11.9 Å². The van der Waals surface area contributed by atoms with Crippen LogP contribution in [0.1, 0.15) is 32.3 Å². The number of rotatable bonds is 8. The first-order chi connectivity index (χ1) is 10.5. The minimum Gasteiger partial charge on any atom is -0.396 e. The molecule has 2 amide bonds. The van der Waals surface area contributed by atoms with E-state index in [9.17, 15) is 14.0 Å². The van der Waals surface area contributed by atoms with Crippen molar-refractivity contribution >= 4 is 11.8 Å². The highest BCUT2D eigenvalue weighted by Crippen LogP contribution is 2.11. The normalized spacial score (nSPS) is 11.8. The molecule has 1 aromatic rings. The number of hydrogen-bond donors (Lipinski definition) is 2. The first-order valence-electron chi connectivity index (χ1n) is 7.42. The van der Waals surface area contributed by atoms with Crippen LogP contribution in [-0.2, 0) is 16.1 Å². The third-order valence-electron chi connectivity index (χ3n) is 3.37. The van der Waals surface area contributed by atoms with Gasteiger partial charge in [0.25, 0.3) is 0 Å². The molecule has 0 aliphatic rings. The first-order valence-corrected chi connectivity index (χ1v) is 7.42. The lowest BCUT2D eigenvalue weighted by Gasteiger charge is -2.28. The molecule has 1 rings (SSSR count). The fraction of sp³-hybridized carbons (Fsp3) is 0.500. The Morgan fingerprint density at radius 1 is 1.32 bits per heavy atom. The minimum absolute atomic E-state index is 0.00183. The molecule has 0 aromatic heterocycles. The zero-order valence-corrected chi connectivity index (χ0v) is 13.0. The summed E-state index contributed by atoms with van der Waals surface area (Å²) >= 11 is 0. The van der Waals surface area contributed by atoms with Crippen LogP contribution in [0.5, 0.6) is 0 Å². The summed E-state index contributed by atoms with van der Waals surface area (Å²) in [5.41, 5.74) is 0.762. The van der Waals surface area contributed by atoms with Crippen LogP contribution in [0.3, 0.4) is 0 Å². The second kappa shape index (κ2) is 9.15. The highest BCUT2D eigenvalue weighted by molar-refractivity contribution is 5.87. The van der Waals surface area contributed by atoms with E-state index in [1.54, 1.807) is 26.0 Å². The molecule has 5 nitrogen and oxygen atoms in total. The number of amides is 2. The lowest BCUT2D eigenvalue weighted by molar-refractivity contribution is -0.140. The summed E-state index contributed by atoms with van der Waals surface area (Å²) in [7, 11) is 0. The molecular weight excluding hydrogens is 287 g/mol. The Morgan fingerprint density at radius 3 is 2.50 bits per heavy atom. The van der Waals surface area contributed by atoms with Gasteiger partial charge in [-0.15, -0.1) is 0 Å². The van der Waals surface area contributed by atoms with Crippen molar-refractivity contribution in [1.82, 2.24) is 10.2 Å². The minimum atomic E-state index is -0.629. The zero-order chi connectivity index (χ0) is 16.5. The molecule has 0 saturated carbocycles. The van der Waals surface area contributed by atoms with E-state index in [4.69, 9.17) is 5.11 Å². The summed E-state index contributed by atoms with van der Waals surface area (Å²) in [6.45, 7) is 4.01. The third kappa shape index (κ3) is 5.44. The molecule has 122 valence electrons. The van der Waals surface area contributed by atoms with E-state index < -0.39 is 6.04 Å². The molecule has 22 heavy (non-hydrogen) atoms. The molecule has 0 bridgehead atoms. The Labute approximate surface area is 130 Å². The monoisotopic (exact) mass is 310 g/mol. The molecule has 2 N–H and O–H groups in total. The van der Waals surface area contributed by atoms with Gasteiger partial charge in [-0.2, -0.15) is 0 Å². The van der Waals surface area contributed by atoms with Crippen LogP contribution in [0.4, 0.5) is 4.39 Å². The second-order valence-corrected chi connectivity index (χ2v) is 5.05. The molecule has 0 aliphatic carbocycles. The number of carbonyl (C=O) groups is 2. The highest BCUT2D eigenvalue weighted by Gasteiger charge is 2.24. The van der Waals surface area contributed by atoms with Gasteiger partial charge in [-0.1, -0.05) is 19.1 Å².